The highest BCUT2D eigenvalue weighted by molar-refractivity contribution is 5.89. The highest BCUT2D eigenvalue weighted by Crippen LogP contribution is 2.25. The van der Waals surface area contributed by atoms with E-state index in [9.17, 15) is 4.79 Å². The zero-order valence-electron chi connectivity index (χ0n) is 14.5. The van der Waals surface area contributed by atoms with Gasteiger partial charge in [0.1, 0.15) is 6.10 Å². The van der Waals surface area contributed by atoms with Crippen LogP contribution in [0.5, 0.6) is 11.8 Å². The van der Waals surface area contributed by atoms with E-state index in [1.54, 1.807) is 12.4 Å². The number of H-pyrrole nitrogens is 1. The standard InChI is InChI=1S/C19H20N4O3/c1-25-18-19(21-8-7-20-18)26-14-6-9-23(12-14)17(24)10-13-11-22-16-5-3-2-4-15(13)16/h2-5,7-8,11,14,22H,6,9-10,12H2,1H3. The van der Waals surface area contributed by atoms with Crippen molar-refractivity contribution in [2.75, 3.05) is 20.2 Å². The lowest BCUT2D eigenvalue weighted by Crippen LogP contribution is -2.32. The molecule has 26 heavy (non-hydrogen) atoms. The van der Waals surface area contributed by atoms with Crippen molar-refractivity contribution in [2.45, 2.75) is 18.9 Å². The summed E-state index contributed by atoms with van der Waals surface area (Å²) in [6.45, 7) is 1.22. The molecule has 1 unspecified atom stereocenters. The molecule has 134 valence electrons. The van der Waals surface area contributed by atoms with E-state index in [1.165, 1.54) is 7.11 Å². The summed E-state index contributed by atoms with van der Waals surface area (Å²) in [5.41, 5.74) is 2.07. The molecule has 0 bridgehead atoms. The SMILES string of the molecule is COc1nccnc1OC1CCN(C(=O)Cc2c[nH]c3ccccc23)C1. The molecule has 4 rings (SSSR count). The van der Waals surface area contributed by atoms with Gasteiger partial charge in [-0.15, -0.1) is 0 Å². The van der Waals surface area contributed by atoms with Crippen LogP contribution in [0.25, 0.3) is 10.9 Å². The summed E-state index contributed by atoms with van der Waals surface area (Å²) < 4.78 is 11.0. The Morgan fingerprint density at radius 2 is 2.08 bits per heavy atom. The summed E-state index contributed by atoms with van der Waals surface area (Å²) >= 11 is 0. The highest BCUT2D eigenvalue weighted by atomic mass is 16.5. The van der Waals surface area contributed by atoms with Gasteiger partial charge in [-0.2, -0.15) is 0 Å². The van der Waals surface area contributed by atoms with Gasteiger partial charge in [-0.3, -0.25) is 4.79 Å². The first-order valence-electron chi connectivity index (χ1n) is 8.59. The molecule has 2 aromatic heterocycles. The number of carbonyl (C=O) groups excluding carboxylic acids is 1. The second-order valence-corrected chi connectivity index (χ2v) is 6.28. The fourth-order valence-corrected chi connectivity index (χ4v) is 3.29. The summed E-state index contributed by atoms with van der Waals surface area (Å²) in [5.74, 6) is 0.828. The number of nitrogens with zero attached hydrogens (tertiary/aromatic N) is 3. The number of likely N-dealkylation sites (tertiary alicyclic amines) is 1. The molecule has 1 aliphatic rings. The predicted octanol–water partition coefficient (Wildman–Crippen LogP) is 2.19. The number of nitrogens with one attached hydrogen (secondary N) is 1. The minimum atomic E-state index is -0.104. The molecule has 0 spiro atoms. The summed E-state index contributed by atoms with van der Waals surface area (Å²) in [6.07, 6.45) is 6.07. The molecule has 1 amide bonds. The third-order valence-electron chi connectivity index (χ3n) is 4.62. The Morgan fingerprint density at radius 3 is 2.92 bits per heavy atom. The zero-order valence-corrected chi connectivity index (χ0v) is 14.5. The molecule has 1 saturated heterocycles. The molecule has 3 aromatic rings. The lowest BCUT2D eigenvalue weighted by atomic mass is 10.1. The molecular weight excluding hydrogens is 332 g/mol. The Morgan fingerprint density at radius 1 is 1.27 bits per heavy atom. The van der Waals surface area contributed by atoms with Gasteiger partial charge in [0.15, 0.2) is 0 Å². The Balaban J connectivity index is 1.39. The van der Waals surface area contributed by atoms with Crippen LogP contribution in [-0.4, -0.2) is 52.1 Å². The van der Waals surface area contributed by atoms with Crippen molar-refractivity contribution < 1.29 is 14.3 Å². The van der Waals surface area contributed by atoms with Crippen LogP contribution in [0.3, 0.4) is 0 Å². The maximum absolute atomic E-state index is 12.7. The smallest absolute Gasteiger partial charge is 0.278 e. The Bertz CT molecular complexity index is 924. The molecule has 3 heterocycles. The van der Waals surface area contributed by atoms with E-state index < -0.39 is 0 Å². The van der Waals surface area contributed by atoms with E-state index >= 15 is 0 Å². The number of carbonyl (C=O) groups is 1. The van der Waals surface area contributed by atoms with Gasteiger partial charge in [-0.25, -0.2) is 9.97 Å². The van der Waals surface area contributed by atoms with E-state index in [2.05, 4.69) is 15.0 Å². The van der Waals surface area contributed by atoms with E-state index in [1.807, 2.05) is 35.4 Å². The fraction of sp³-hybridized carbons (Fsp3) is 0.316. The second-order valence-electron chi connectivity index (χ2n) is 6.28. The molecule has 0 radical (unpaired) electrons. The third kappa shape index (κ3) is 3.20. The van der Waals surface area contributed by atoms with E-state index in [0.717, 1.165) is 22.9 Å². The molecular formula is C19H20N4O3. The molecule has 1 N–H and O–H groups in total. The number of para-hydroxylation sites is 1. The minimum absolute atomic E-state index is 0.104. The van der Waals surface area contributed by atoms with Gasteiger partial charge in [-0.05, 0) is 11.6 Å². The number of methoxy groups -OCH3 is 1. The van der Waals surface area contributed by atoms with Crippen LogP contribution in [-0.2, 0) is 11.2 Å². The Labute approximate surface area is 151 Å². The van der Waals surface area contributed by atoms with E-state index in [4.69, 9.17) is 9.47 Å². The van der Waals surface area contributed by atoms with Crippen molar-refractivity contribution in [3.05, 3.63) is 48.4 Å². The average molecular weight is 352 g/mol. The quantitative estimate of drug-likeness (QED) is 0.761. The summed E-state index contributed by atoms with van der Waals surface area (Å²) in [6, 6.07) is 8.01. The van der Waals surface area contributed by atoms with E-state index in [0.29, 0.717) is 31.3 Å². The van der Waals surface area contributed by atoms with Crippen molar-refractivity contribution in [1.82, 2.24) is 19.9 Å². The number of hydrogen-bond donors (Lipinski definition) is 1. The predicted molar refractivity (Wildman–Crippen MR) is 96.2 cm³/mol. The maximum Gasteiger partial charge on any atom is 0.278 e. The number of aromatic nitrogens is 3. The average Bonchev–Trinajstić information content (AvgIpc) is 3.30. The van der Waals surface area contributed by atoms with Gasteiger partial charge in [0.05, 0.1) is 20.1 Å². The van der Waals surface area contributed by atoms with Crippen LogP contribution in [0, 0.1) is 0 Å². The Kier molecular flexibility index (Phi) is 4.43. The van der Waals surface area contributed by atoms with Crippen LogP contribution >= 0.6 is 0 Å². The number of rotatable bonds is 5. The molecule has 0 aliphatic carbocycles. The second kappa shape index (κ2) is 7.03. The number of ether oxygens (including phenoxy) is 2. The summed E-state index contributed by atoms with van der Waals surface area (Å²) in [5, 5.41) is 1.09. The first kappa shape index (κ1) is 16.4. The van der Waals surface area contributed by atoms with Gasteiger partial charge in [-0.1, -0.05) is 18.2 Å². The molecule has 1 atom stereocenters. The van der Waals surface area contributed by atoms with Gasteiger partial charge < -0.3 is 19.4 Å². The highest BCUT2D eigenvalue weighted by Gasteiger charge is 2.29. The summed E-state index contributed by atoms with van der Waals surface area (Å²) in [4.78, 5) is 26.0. The largest absolute Gasteiger partial charge is 0.477 e. The topological polar surface area (TPSA) is 80.3 Å². The van der Waals surface area contributed by atoms with Crippen LogP contribution in [0.15, 0.2) is 42.9 Å². The molecule has 0 saturated carbocycles. The first-order valence-corrected chi connectivity index (χ1v) is 8.59. The van der Waals surface area contributed by atoms with Gasteiger partial charge >= 0.3 is 0 Å². The molecule has 1 aliphatic heterocycles. The number of aromatic amines is 1. The first-order chi connectivity index (χ1) is 12.7. The Hall–Kier alpha value is -3.09. The molecule has 7 heteroatoms. The molecule has 1 aromatic carbocycles. The van der Waals surface area contributed by atoms with Crippen molar-refractivity contribution in [3.8, 4) is 11.8 Å². The minimum Gasteiger partial charge on any atom is -0.477 e. The number of benzene rings is 1. The van der Waals surface area contributed by atoms with Crippen LogP contribution in [0.4, 0.5) is 0 Å². The van der Waals surface area contributed by atoms with Gasteiger partial charge in [0.25, 0.3) is 11.8 Å². The number of fused-ring (bicyclic) bond motifs is 1. The van der Waals surface area contributed by atoms with Crippen molar-refractivity contribution in [2.24, 2.45) is 0 Å². The fourth-order valence-electron chi connectivity index (χ4n) is 3.29. The maximum atomic E-state index is 12.7. The van der Waals surface area contributed by atoms with Crippen molar-refractivity contribution in [3.63, 3.8) is 0 Å². The van der Waals surface area contributed by atoms with Crippen molar-refractivity contribution >= 4 is 16.8 Å². The number of amides is 1. The zero-order chi connectivity index (χ0) is 17.9. The molecule has 7 nitrogen and oxygen atoms in total. The van der Waals surface area contributed by atoms with Crippen LogP contribution in [0.1, 0.15) is 12.0 Å². The van der Waals surface area contributed by atoms with Crippen LogP contribution in [0.2, 0.25) is 0 Å². The van der Waals surface area contributed by atoms with E-state index in [-0.39, 0.29) is 12.0 Å². The summed E-state index contributed by atoms with van der Waals surface area (Å²) in [7, 11) is 1.53. The van der Waals surface area contributed by atoms with Crippen LogP contribution < -0.4 is 9.47 Å². The monoisotopic (exact) mass is 352 g/mol. The molecule has 1 fully saturated rings. The lowest BCUT2D eigenvalue weighted by Gasteiger charge is -2.17. The van der Waals surface area contributed by atoms with Gasteiger partial charge in [0.2, 0.25) is 5.91 Å². The third-order valence-corrected chi connectivity index (χ3v) is 4.62. The number of hydrogen-bond acceptors (Lipinski definition) is 5. The van der Waals surface area contributed by atoms with Crippen molar-refractivity contribution in [1.29, 1.82) is 0 Å². The lowest BCUT2D eigenvalue weighted by molar-refractivity contribution is -0.129. The van der Waals surface area contributed by atoms with Gasteiger partial charge in [0, 0.05) is 42.5 Å². The normalized spacial score (nSPS) is 16.8.